The minimum atomic E-state index is 0.0763. The monoisotopic (exact) mass is 203 g/mol. The number of amides is 1. The van der Waals surface area contributed by atoms with Crippen LogP contribution >= 0.6 is 0 Å². The minimum Gasteiger partial charge on any atom is -0.309 e. The maximum atomic E-state index is 11.9. The summed E-state index contributed by atoms with van der Waals surface area (Å²) in [6, 6.07) is 10.2. The van der Waals surface area contributed by atoms with Crippen molar-refractivity contribution in [3.05, 3.63) is 30.3 Å². The van der Waals surface area contributed by atoms with Gasteiger partial charge in [-0.05, 0) is 24.5 Å². The molecule has 1 saturated heterocycles. The molecular formula is C13H17NO. The normalized spacial score (nSPS) is 24.6. The Balaban J connectivity index is 2.35. The first kappa shape index (κ1) is 10.2. The van der Waals surface area contributed by atoms with E-state index in [1.54, 1.807) is 0 Å². The average molecular weight is 203 g/mol. The number of carbonyl (C=O) groups is 1. The van der Waals surface area contributed by atoms with Crippen LogP contribution in [0.5, 0.6) is 0 Å². The maximum Gasteiger partial charge on any atom is 0.227 e. The number of rotatable bonds is 1. The number of para-hydroxylation sites is 1. The zero-order valence-corrected chi connectivity index (χ0v) is 9.53. The lowest BCUT2D eigenvalue weighted by Gasteiger charge is -2.28. The quantitative estimate of drug-likeness (QED) is 0.687. The Hall–Kier alpha value is -1.31. The molecule has 0 radical (unpaired) electrons. The summed E-state index contributed by atoms with van der Waals surface area (Å²) in [5, 5.41) is 0. The van der Waals surface area contributed by atoms with Gasteiger partial charge in [-0.25, -0.2) is 0 Å². The van der Waals surface area contributed by atoms with Gasteiger partial charge in [0, 0.05) is 18.2 Å². The number of carbonyl (C=O) groups excluding carboxylic acids is 1. The van der Waals surface area contributed by atoms with E-state index < -0.39 is 0 Å². The second-order valence-corrected chi connectivity index (χ2v) is 4.94. The van der Waals surface area contributed by atoms with Crippen LogP contribution < -0.4 is 4.90 Å². The van der Waals surface area contributed by atoms with Crippen LogP contribution in [0, 0.1) is 5.41 Å². The van der Waals surface area contributed by atoms with Crippen LogP contribution in [0.15, 0.2) is 30.3 Å². The lowest BCUT2D eigenvalue weighted by molar-refractivity contribution is -0.117. The first-order chi connectivity index (χ1) is 7.02. The molecule has 1 aromatic rings. The Morgan fingerprint density at radius 1 is 1.27 bits per heavy atom. The van der Waals surface area contributed by atoms with E-state index in [-0.39, 0.29) is 17.4 Å². The Morgan fingerprint density at radius 3 is 2.33 bits per heavy atom. The fourth-order valence-electron chi connectivity index (χ4n) is 2.14. The molecule has 0 aliphatic carbocycles. The molecule has 1 fully saturated rings. The molecule has 0 N–H and O–H groups in total. The van der Waals surface area contributed by atoms with Crippen molar-refractivity contribution in [3.8, 4) is 0 Å². The van der Waals surface area contributed by atoms with E-state index in [1.807, 2.05) is 35.2 Å². The first-order valence-electron chi connectivity index (χ1n) is 5.39. The van der Waals surface area contributed by atoms with Crippen molar-refractivity contribution < 1.29 is 4.79 Å². The van der Waals surface area contributed by atoms with Gasteiger partial charge >= 0.3 is 0 Å². The van der Waals surface area contributed by atoms with Crippen molar-refractivity contribution in [2.45, 2.75) is 33.2 Å². The van der Waals surface area contributed by atoms with Crippen LogP contribution in [-0.2, 0) is 4.79 Å². The van der Waals surface area contributed by atoms with Crippen LogP contribution in [0.1, 0.15) is 27.2 Å². The van der Waals surface area contributed by atoms with Gasteiger partial charge in [0.1, 0.15) is 0 Å². The lowest BCUT2D eigenvalue weighted by Crippen LogP contribution is -2.35. The molecule has 1 unspecified atom stereocenters. The zero-order chi connectivity index (χ0) is 11.1. The second-order valence-electron chi connectivity index (χ2n) is 4.94. The van der Waals surface area contributed by atoms with Gasteiger partial charge in [0.05, 0.1) is 0 Å². The van der Waals surface area contributed by atoms with Crippen LogP contribution in [0.25, 0.3) is 0 Å². The lowest BCUT2D eigenvalue weighted by atomic mass is 9.86. The van der Waals surface area contributed by atoms with Gasteiger partial charge in [0.25, 0.3) is 0 Å². The molecule has 1 aliphatic heterocycles. The van der Waals surface area contributed by atoms with Gasteiger partial charge in [0.2, 0.25) is 5.91 Å². The number of nitrogens with zero attached hydrogens (tertiary/aromatic N) is 1. The highest BCUT2D eigenvalue weighted by molar-refractivity contribution is 5.97. The van der Waals surface area contributed by atoms with E-state index in [4.69, 9.17) is 0 Å². The third-order valence-corrected chi connectivity index (χ3v) is 3.43. The summed E-state index contributed by atoms with van der Waals surface area (Å²) in [5.41, 5.74) is 1.09. The Kier molecular flexibility index (Phi) is 2.29. The van der Waals surface area contributed by atoms with Crippen LogP contribution in [0.4, 0.5) is 5.69 Å². The second kappa shape index (κ2) is 3.37. The number of hydrogen-bond acceptors (Lipinski definition) is 1. The predicted molar refractivity (Wildman–Crippen MR) is 61.8 cm³/mol. The molecule has 2 heteroatoms. The molecule has 1 atom stereocenters. The topological polar surface area (TPSA) is 20.3 Å². The average Bonchev–Trinajstić information content (AvgIpc) is 2.38. The molecule has 15 heavy (non-hydrogen) atoms. The van der Waals surface area contributed by atoms with Crippen molar-refractivity contribution in [1.29, 1.82) is 0 Å². The summed E-state index contributed by atoms with van der Waals surface area (Å²) >= 11 is 0. The molecule has 1 heterocycles. The minimum absolute atomic E-state index is 0.0763. The van der Waals surface area contributed by atoms with E-state index >= 15 is 0 Å². The van der Waals surface area contributed by atoms with Crippen molar-refractivity contribution in [2.75, 3.05) is 4.90 Å². The zero-order valence-electron chi connectivity index (χ0n) is 9.53. The van der Waals surface area contributed by atoms with E-state index in [2.05, 4.69) is 20.8 Å². The molecule has 2 nitrogen and oxygen atoms in total. The summed E-state index contributed by atoms with van der Waals surface area (Å²) in [7, 11) is 0. The predicted octanol–water partition coefficient (Wildman–Crippen LogP) is 2.84. The smallest absolute Gasteiger partial charge is 0.227 e. The molecule has 1 aromatic carbocycles. The maximum absolute atomic E-state index is 11.9. The first-order valence-corrected chi connectivity index (χ1v) is 5.39. The van der Waals surface area contributed by atoms with E-state index in [1.165, 1.54) is 0 Å². The van der Waals surface area contributed by atoms with Gasteiger partial charge in [0.15, 0.2) is 0 Å². The highest BCUT2D eigenvalue weighted by Crippen LogP contribution is 2.39. The largest absolute Gasteiger partial charge is 0.309 e. The fourth-order valence-corrected chi connectivity index (χ4v) is 2.14. The van der Waals surface area contributed by atoms with E-state index in [0.717, 1.165) is 5.69 Å². The molecule has 0 bridgehead atoms. The van der Waals surface area contributed by atoms with E-state index in [0.29, 0.717) is 6.42 Å². The molecule has 0 saturated carbocycles. The third-order valence-electron chi connectivity index (χ3n) is 3.43. The van der Waals surface area contributed by atoms with Crippen molar-refractivity contribution in [3.63, 3.8) is 0 Å². The molecular weight excluding hydrogens is 186 g/mol. The molecule has 0 aromatic heterocycles. The summed E-state index contributed by atoms with van der Waals surface area (Å²) < 4.78 is 0. The van der Waals surface area contributed by atoms with Crippen LogP contribution in [0.2, 0.25) is 0 Å². The number of anilines is 1. The Morgan fingerprint density at radius 2 is 1.87 bits per heavy atom. The van der Waals surface area contributed by atoms with Gasteiger partial charge in [-0.15, -0.1) is 0 Å². The molecule has 1 aliphatic rings. The Labute approximate surface area is 90.9 Å². The van der Waals surface area contributed by atoms with E-state index in [9.17, 15) is 4.79 Å². The molecule has 80 valence electrons. The molecule has 1 amide bonds. The highest BCUT2D eigenvalue weighted by atomic mass is 16.2. The summed E-state index contributed by atoms with van der Waals surface area (Å²) in [4.78, 5) is 13.8. The summed E-state index contributed by atoms with van der Waals surface area (Å²) in [6.45, 7) is 6.43. The summed E-state index contributed by atoms with van der Waals surface area (Å²) in [5.74, 6) is 0.235. The summed E-state index contributed by atoms with van der Waals surface area (Å²) in [6.07, 6.45) is 0.642. The fraction of sp³-hybridized carbons (Fsp3) is 0.462. The Bertz CT molecular complexity index is 369. The highest BCUT2D eigenvalue weighted by Gasteiger charge is 2.43. The van der Waals surface area contributed by atoms with Crippen LogP contribution in [-0.4, -0.2) is 11.9 Å². The molecule has 0 spiro atoms. The molecule has 2 rings (SSSR count). The van der Waals surface area contributed by atoms with Crippen LogP contribution in [0.3, 0.4) is 0 Å². The number of hydrogen-bond donors (Lipinski definition) is 0. The standard InChI is InChI=1S/C13H17NO/c1-10-13(2,3)9-12(15)14(10)11-7-5-4-6-8-11/h4-8,10H,9H2,1-3H3. The number of benzene rings is 1. The van der Waals surface area contributed by atoms with Crippen molar-refractivity contribution in [1.82, 2.24) is 0 Å². The SMILES string of the molecule is CC1N(c2ccccc2)C(=O)CC1(C)C. The van der Waals surface area contributed by atoms with Crippen molar-refractivity contribution in [2.24, 2.45) is 5.41 Å². The third kappa shape index (κ3) is 1.65. The van der Waals surface area contributed by atoms with Gasteiger partial charge < -0.3 is 4.90 Å². The van der Waals surface area contributed by atoms with Crippen molar-refractivity contribution >= 4 is 11.6 Å². The van der Waals surface area contributed by atoms with Gasteiger partial charge in [-0.2, -0.15) is 0 Å². The van der Waals surface area contributed by atoms with Gasteiger partial charge in [-0.3, -0.25) is 4.79 Å². The van der Waals surface area contributed by atoms with Gasteiger partial charge in [-0.1, -0.05) is 32.0 Å².